The Hall–Kier alpha value is -1.59. The van der Waals surface area contributed by atoms with Crippen LogP contribution in [0, 0.1) is 0 Å². The van der Waals surface area contributed by atoms with Crippen LogP contribution in [-0.4, -0.2) is 47.4 Å². The van der Waals surface area contributed by atoms with E-state index in [4.69, 9.17) is 4.74 Å². The molecular weight excluding hydrogens is 260 g/mol. The van der Waals surface area contributed by atoms with Crippen LogP contribution >= 0.6 is 0 Å². The van der Waals surface area contributed by atoms with E-state index < -0.39 is 11.6 Å². The molecule has 0 spiro atoms. The maximum atomic E-state index is 12.1. The lowest BCUT2D eigenvalue weighted by Gasteiger charge is -2.27. The largest absolute Gasteiger partial charge is 0.458 e. The minimum atomic E-state index is -0.551. The smallest absolute Gasteiger partial charge is 0.329 e. The predicted molar refractivity (Wildman–Crippen MR) is 73.9 cm³/mol. The molecule has 20 heavy (non-hydrogen) atoms. The van der Waals surface area contributed by atoms with E-state index in [-0.39, 0.29) is 24.2 Å². The molecule has 1 fully saturated rings. The summed E-state index contributed by atoms with van der Waals surface area (Å²) in [4.78, 5) is 36.5. The number of hydrogen-bond acceptors (Lipinski definition) is 4. The molecule has 0 bridgehead atoms. The van der Waals surface area contributed by atoms with Crippen LogP contribution in [0.15, 0.2) is 0 Å². The molecule has 0 aromatic carbocycles. The first-order valence-electron chi connectivity index (χ1n) is 6.97. The van der Waals surface area contributed by atoms with Gasteiger partial charge in [-0.15, -0.1) is 0 Å². The molecule has 0 saturated carbocycles. The average molecular weight is 284 g/mol. The van der Waals surface area contributed by atoms with Crippen molar-refractivity contribution in [3.8, 4) is 0 Å². The average Bonchev–Trinajstić information content (AvgIpc) is 2.74. The van der Waals surface area contributed by atoms with Gasteiger partial charge in [-0.3, -0.25) is 9.59 Å². The first kappa shape index (κ1) is 16.5. The molecule has 1 saturated heterocycles. The van der Waals surface area contributed by atoms with Gasteiger partial charge in [0.1, 0.15) is 11.6 Å². The number of ether oxygens (including phenoxy) is 1. The molecule has 0 aromatic heterocycles. The molecule has 1 atom stereocenters. The van der Waals surface area contributed by atoms with Crippen LogP contribution in [0.25, 0.3) is 0 Å². The van der Waals surface area contributed by atoms with Gasteiger partial charge in [0.25, 0.3) is 0 Å². The molecular formula is C14H24N2O4. The summed E-state index contributed by atoms with van der Waals surface area (Å²) in [6.45, 7) is 7.70. The van der Waals surface area contributed by atoms with E-state index in [1.165, 1.54) is 6.92 Å². The molecule has 2 amide bonds. The number of hydrogen-bond donors (Lipinski definition) is 1. The van der Waals surface area contributed by atoms with Crippen LogP contribution in [-0.2, 0) is 19.1 Å². The van der Waals surface area contributed by atoms with Gasteiger partial charge in [-0.05, 0) is 33.6 Å². The molecule has 1 rings (SSSR count). The highest BCUT2D eigenvalue weighted by Gasteiger charge is 2.36. The second-order valence-corrected chi connectivity index (χ2v) is 6.01. The Labute approximate surface area is 119 Å². The Bertz CT molecular complexity index is 387. The maximum absolute atomic E-state index is 12.1. The van der Waals surface area contributed by atoms with Crippen LogP contribution in [0.4, 0.5) is 0 Å². The highest BCUT2D eigenvalue weighted by atomic mass is 16.6. The zero-order valence-corrected chi connectivity index (χ0v) is 12.7. The van der Waals surface area contributed by atoms with Crippen molar-refractivity contribution in [1.29, 1.82) is 0 Å². The Morgan fingerprint density at radius 1 is 1.30 bits per heavy atom. The lowest BCUT2D eigenvalue weighted by molar-refractivity contribution is -0.163. The third kappa shape index (κ3) is 5.19. The summed E-state index contributed by atoms with van der Waals surface area (Å²) < 4.78 is 5.34. The van der Waals surface area contributed by atoms with Gasteiger partial charge in [0.05, 0.1) is 0 Å². The highest BCUT2D eigenvalue weighted by molar-refractivity contribution is 5.85. The predicted octanol–water partition coefficient (Wildman–Crippen LogP) is 0.845. The zero-order chi connectivity index (χ0) is 15.3. The summed E-state index contributed by atoms with van der Waals surface area (Å²) >= 11 is 0. The first-order chi connectivity index (χ1) is 9.20. The zero-order valence-electron chi connectivity index (χ0n) is 12.7. The maximum Gasteiger partial charge on any atom is 0.329 e. The fraction of sp³-hybridized carbons (Fsp3) is 0.786. The third-order valence-corrected chi connectivity index (χ3v) is 2.96. The first-order valence-corrected chi connectivity index (χ1v) is 6.97. The summed E-state index contributed by atoms with van der Waals surface area (Å²) in [5.74, 6) is -0.627. The molecule has 1 heterocycles. The van der Waals surface area contributed by atoms with Gasteiger partial charge in [0.15, 0.2) is 0 Å². The molecule has 114 valence electrons. The van der Waals surface area contributed by atoms with E-state index in [0.29, 0.717) is 19.5 Å². The second-order valence-electron chi connectivity index (χ2n) is 6.01. The summed E-state index contributed by atoms with van der Waals surface area (Å²) in [6, 6.07) is -0.487. The van der Waals surface area contributed by atoms with Gasteiger partial charge in [0.2, 0.25) is 11.8 Å². The van der Waals surface area contributed by atoms with E-state index in [1.54, 1.807) is 4.90 Å². The van der Waals surface area contributed by atoms with Crippen LogP contribution < -0.4 is 5.32 Å². The number of carbonyl (C=O) groups excluding carboxylic acids is 3. The molecule has 1 N–H and O–H groups in total. The Kier molecular flexibility index (Phi) is 5.53. The second kappa shape index (κ2) is 6.72. The normalized spacial score (nSPS) is 18.8. The van der Waals surface area contributed by atoms with Gasteiger partial charge in [0, 0.05) is 26.4 Å². The molecule has 6 nitrogen and oxygen atoms in total. The number of nitrogens with zero attached hydrogens (tertiary/aromatic N) is 1. The summed E-state index contributed by atoms with van der Waals surface area (Å²) in [6.07, 6.45) is 1.65. The monoisotopic (exact) mass is 284 g/mol. The fourth-order valence-electron chi connectivity index (χ4n) is 2.17. The standard InChI is InChI=1S/C14H24N2O4/c1-10(17)15-8-7-12(18)16-9-5-6-11(16)13(19)20-14(2,3)4/h11H,5-9H2,1-4H3,(H,15,17)/t11-/m1/s1. The van der Waals surface area contributed by atoms with Crippen LogP contribution in [0.2, 0.25) is 0 Å². The third-order valence-electron chi connectivity index (χ3n) is 2.96. The van der Waals surface area contributed by atoms with Gasteiger partial charge >= 0.3 is 5.97 Å². The molecule has 0 aromatic rings. The number of nitrogens with one attached hydrogen (secondary N) is 1. The van der Waals surface area contributed by atoms with Crippen molar-refractivity contribution in [2.45, 2.75) is 58.6 Å². The quantitative estimate of drug-likeness (QED) is 0.776. The lowest BCUT2D eigenvalue weighted by atomic mass is 10.1. The number of rotatable bonds is 4. The van der Waals surface area contributed by atoms with Crippen molar-refractivity contribution in [2.24, 2.45) is 0 Å². The number of carbonyl (C=O) groups is 3. The molecule has 6 heteroatoms. The van der Waals surface area contributed by atoms with Crippen molar-refractivity contribution in [2.75, 3.05) is 13.1 Å². The molecule has 0 radical (unpaired) electrons. The van der Waals surface area contributed by atoms with Gasteiger partial charge < -0.3 is 15.0 Å². The Balaban J connectivity index is 2.53. The minimum absolute atomic E-state index is 0.118. The van der Waals surface area contributed by atoms with E-state index in [2.05, 4.69) is 5.32 Å². The van der Waals surface area contributed by atoms with Gasteiger partial charge in [-0.25, -0.2) is 4.79 Å². The minimum Gasteiger partial charge on any atom is -0.458 e. The van der Waals surface area contributed by atoms with Crippen molar-refractivity contribution < 1.29 is 19.1 Å². The van der Waals surface area contributed by atoms with Crippen molar-refractivity contribution >= 4 is 17.8 Å². The Morgan fingerprint density at radius 3 is 2.50 bits per heavy atom. The van der Waals surface area contributed by atoms with Gasteiger partial charge in [-0.1, -0.05) is 0 Å². The van der Waals surface area contributed by atoms with Crippen LogP contribution in [0.3, 0.4) is 0 Å². The molecule has 0 unspecified atom stereocenters. The number of amides is 2. The van der Waals surface area contributed by atoms with E-state index in [9.17, 15) is 14.4 Å². The summed E-state index contributed by atoms with van der Waals surface area (Å²) in [5, 5.41) is 2.58. The Morgan fingerprint density at radius 2 is 1.95 bits per heavy atom. The van der Waals surface area contributed by atoms with Crippen molar-refractivity contribution in [1.82, 2.24) is 10.2 Å². The van der Waals surface area contributed by atoms with E-state index >= 15 is 0 Å². The van der Waals surface area contributed by atoms with Crippen LogP contribution in [0.5, 0.6) is 0 Å². The lowest BCUT2D eigenvalue weighted by Crippen LogP contribution is -2.44. The topological polar surface area (TPSA) is 75.7 Å². The number of likely N-dealkylation sites (tertiary alicyclic amines) is 1. The summed E-state index contributed by atoms with van der Waals surface area (Å²) in [7, 11) is 0. The van der Waals surface area contributed by atoms with Crippen LogP contribution in [0.1, 0.15) is 47.0 Å². The number of esters is 1. The molecule has 1 aliphatic rings. The van der Waals surface area contributed by atoms with E-state index in [1.807, 2.05) is 20.8 Å². The van der Waals surface area contributed by atoms with Crippen molar-refractivity contribution in [3.63, 3.8) is 0 Å². The molecule has 1 aliphatic heterocycles. The van der Waals surface area contributed by atoms with Crippen molar-refractivity contribution in [3.05, 3.63) is 0 Å². The highest BCUT2D eigenvalue weighted by Crippen LogP contribution is 2.21. The fourth-order valence-corrected chi connectivity index (χ4v) is 2.17. The SMILES string of the molecule is CC(=O)NCCC(=O)N1CCC[C@@H]1C(=O)OC(C)(C)C. The molecule has 0 aliphatic carbocycles. The van der Waals surface area contributed by atoms with E-state index in [0.717, 1.165) is 6.42 Å². The summed E-state index contributed by atoms with van der Waals surface area (Å²) in [5.41, 5.74) is -0.551. The van der Waals surface area contributed by atoms with Gasteiger partial charge in [-0.2, -0.15) is 0 Å².